The Balaban J connectivity index is 1.30. The zero-order chi connectivity index (χ0) is 23.2. The highest BCUT2D eigenvalue weighted by Gasteiger charge is 2.25. The summed E-state index contributed by atoms with van der Waals surface area (Å²) in [6, 6.07) is 15.9. The predicted octanol–water partition coefficient (Wildman–Crippen LogP) is 3.31. The Morgan fingerprint density at radius 2 is 1.79 bits per heavy atom. The molecule has 0 radical (unpaired) electrons. The van der Waals surface area contributed by atoms with Crippen molar-refractivity contribution in [3.8, 4) is 0 Å². The van der Waals surface area contributed by atoms with E-state index in [-0.39, 0.29) is 24.9 Å². The van der Waals surface area contributed by atoms with E-state index in [9.17, 15) is 9.59 Å². The molecule has 8 heteroatoms. The van der Waals surface area contributed by atoms with Crippen molar-refractivity contribution < 1.29 is 14.3 Å². The Morgan fingerprint density at radius 3 is 2.55 bits per heavy atom. The number of rotatable bonds is 6. The molecule has 7 nitrogen and oxygen atoms in total. The molecule has 33 heavy (non-hydrogen) atoms. The maximum absolute atomic E-state index is 13.1. The second-order valence-electron chi connectivity index (χ2n) is 8.60. The standard InChI is InChI=1S/C25H32N4O3S/c1-19-11-12-29(22-5-3-4-6-23(22)33-19)25(31)18-27(2)17-24(30)26-20-7-9-21(10-8-20)28-13-15-32-16-14-28/h3-10,19H,11-18H2,1-2H3,(H,26,30). The molecule has 1 N–H and O–H groups in total. The van der Waals surface area contributed by atoms with Crippen LogP contribution in [-0.4, -0.2) is 74.9 Å². The summed E-state index contributed by atoms with van der Waals surface area (Å²) >= 11 is 1.81. The summed E-state index contributed by atoms with van der Waals surface area (Å²) in [5.74, 6) is -0.118. The smallest absolute Gasteiger partial charge is 0.241 e. The molecule has 1 saturated heterocycles. The van der Waals surface area contributed by atoms with Crippen molar-refractivity contribution in [1.82, 2.24) is 4.90 Å². The number of thioether (sulfide) groups is 1. The molecule has 1 atom stereocenters. The van der Waals surface area contributed by atoms with E-state index in [2.05, 4.69) is 23.2 Å². The van der Waals surface area contributed by atoms with Crippen LogP contribution in [0.4, 0.5) is 17.1 Å². The number of fused-ring (bicyclic) bond motifs is 1. The van der Waals surface area contributed by atoms with E-state index in [0.29, 0.717) is 11.8 Å². The summed E-state index contributed by atoms with van der Waals surface area (Å²) in [6.07, 6.45) is 0.940. The number of nitrogens with zero attached hydrogens (tertiary/aromatic N) is 3. The van der Waals surface area contributed by atoms with Crippen molar-refractivity contribution in [2.45, 2.75) is 23.5 Å². The van der Waals surface area contributed by atoms with Crippen LogP contribution >= 0.6 is 11.8 Å². The zero-order valence-electron chi connectivity index (χ0n) is 19.3. The predicted molar refractivity (Wildman–Crippen MR) is 134 cm³/mol. The van der Waals surface area contributed by atoms with Crippen LogP contribution in [0.25, 0.3) is 0 Å². The number of anilines is 3. The van der Waals surface area contributed by atoms with E-state index >= 15 is 0 Å². The SMILES string of the molecule is CC1CCN(C(=O)CN(C)CC(=O)Nc2ccc(N3CCOCC3)cc2)c2ccccc2S1. The molecular formula is C25H32N4O3S. The third-order valence-corrected chi connectivity index (χ3v) is 7.13. The summed E-state index contributed by atoms with van der Waals surface area (Å²) in [6.45, 7) is 6.47. The lowest BCUT2D eigenvalue weighted by molar-refractivity contribution is -0.121. The van der Waals surface area contributed by atoms with E-state index in [0.717, 1.165) is 54.7 Å². The van der Waals surface area contributed by atoms with Crippen molar-refractivity contribution in [2.75, 3.05) is 68.1 Å². The van der Waals surface area contributed by atoms with E-state index in [1.54, 1.807) is 11.9 Å². The first kappa shape index (κ1) is 23.6. The first-order chi connectivity index (χ1) is 16.0. The lowest BCUT2D eigenvalue weighted by atomic mass is 10.2. The lowest BCUT2D eigenvalue weighted by Crippen LogP contribution is -2.42. The fourth-order valence-corrected chi connectivity index (χ4v) is 5.25. The number of morpholine rings is 1. The summed E-state index contributed by atoms with van der Waals surface area (Å²) < 4.78 is 5.40. The van der Waals surface area contributed by atoms with E-state index in [4.69, 9.17) is 4.74 Å². The molecule has 2 aromatic rings. The van der Waals surface area contributed by atoms with Crippen LogP contribution in [0.2, 0.25) is 0 Å². The molecule has 0 aromatic heterocycles. The summed E-state index contributed by atoms with van der Waals surface area (Å²) in [5, 5.41) is 3.40. The van der Waals surface area contributed by atoms with Crippen LogP contribution in [0.1, 0.15) is 13.3 Å². The first-order valence-corrected chi connectivity index (χ1v) is 12.3. The fraction of sp³-hybridized carbons (Fsp3) is 0.440. The Labute approximate surface area is 200 Å². The maximum atomic E-state index is 13.1. The van der Waals surface area contributed by atoms with Crippen molar-refractivity contribution in [2.24, 2.45) is 0 Å². The van der Waals surface area contributed by atoms with Crippen LogP contribution in [0.15, 0.2) is 53.4 Å². The molecule has 2 aliphatic rings. The van der Waals surface area contributed by atoms with Gasteiger partial charge in [0.15, 0.2) is 0 Å². The van der Waals surface area contributed by atoms with Gasteiger partial charge in [-0.25, -0.2) is 0 Å². The van der Waals surface area contributed by atoms with E-state index < -0.39 is 0 Å². The second-order valence-corrected chi connectivity index (χ2v) is 10.1. The second kappa shape index (κ2) is 11.0. The highest BCUT2D eigenvalue weighted by Crippen LogP contribution is 2.37. The van der Waals surface area contributed by atoms with Gasteiger partial charge in [0.2, 0.25) is 11.8 Å². The average Bonchev–Trinajstić information content (AvgIpc) is 2.98. The van der Waals surface area contributed by atoms with Crippen LogP contribution in [0.5, 0.6) is 0 Å². The summed E-state index contributed by atoms with van der Waals surface area (Å²) in [4.78, 5) is 32.7. The number of nitrogens with one attached hydrogen (secondary N) is 1. The van der Waals surface area contributed by atoms with Gasteiger partial charge in [-0.15, -0.1) is 11.8 Å². The van der Waals surface area contributed by atoms with Crippen LogP contribution in [0.3, 0.4) is 0 Å². The number of likely N-dealkylation sites (N-methyl/N-ethyl adjacent to an activating group) is 1. The third-order valence-electron chi connectivity index (χ3n) is 5.89. The van der Waals surface area contributed by atoms with Crippen molar-refractivity contribution in [3.05, 3.63) is 48.5 Å². The molecule has 0 aliphatic carbocycles. The number of para-hydroxylation sites is 1. The number of carbonyl (C=O) groups excluding carboxylic acids is 2. The summed E-state index contributed by atoms with van der Waals surface area (Å²) in [5.41, 5.74) is 2.85. The van der Waals surface area contributed by atoms with Gasteiger partial charge < -0.3 is 19.9 Å². The van der Waals surface area contributed by atoms with Gasteiger partial charge in [-0.1, -0.05) is 19.1 Å². The number of hydrogen-bond donors (Lipinski definition) is 1. The normalized spacial score (nSPS) is 18.6. The number of ether oxygens (including phenoxy) is 1. The van der Waals surface area contributed by atoms with Crippen molar-refractivity contribution in [3.63, 3.8) is 0 Å². The zero-order valence-corrected chi connectivity index (χ0v) is 20.1. The molecule has 0 spiro atoms. The highest BCUT2D eigenvalue weighted by molar-refractivity contribution is 8.00. The molecular weight excluding hydrogens is 436 g/mol. The molecule has 2 heterocycles. The summed E-state index contributed by atoms with van der Waals surface area (Å²) in [7, 11) is 1.81. The minimum atomic E-state index is -0.134. The molecule has 4 rings (SSSR count). The minimum absolute atomic E-state index is 0.0160. The molecule has 1 fully saturated rings. The van der Waals surface area contributed by atoms with Gasteiger partial charge in [0.1, 0.15) is 0 Å². The van der Waals surface area contributed by atoms with Gasteiger partial charge in [0, 0.05) is 41.2 Å². The van der Waals surface area contributed by atoms with Gasteiger partial charge in [-0.3, -0.25) is 14.5 Å². The van der Waals surface area contributed by atoms with Crippen molar-refractivity contribution >= 4 is 40.6 Å². The third kappa shape index (κ3) is 6.28. The molecule has 0 bridgehead atoms. The Bertz CT molecular complexity index is 962. The molecule has 2 amide bonds. The van der Waals surface area contributed by atoms with Crippen molar-refractivity contribution in [1.29, 1.82) is 0 Å². The topological polar surface area (TPSA) is 65.1 Å². The van der Waals surface area contributed by atoms with Gasteiger partial charge in [-0.05, 0) is 49.9 Å². The lowest BCUT2D eigenvalue weighted by Gasteiger charge is -2.29. The molecule has 1 unspecified atom stereocenters. The fourth-order valence-electron chi connectivity index (χ4n) is 4.14. The van der Waals surface area contributed by atoms with Gasteiger partial charge in [0.25, 0.3) is 0 Å². The molecule has 0 saturated carbocycles. The maximum Gasteiger partial charge on any atom is 0.241 e. The molecule has 176 valence electrons. The van der Waals surface area contributed by atoms with E-state index in [1.165, 1.54) is 0 Å². The van der Waals surface area contributed by atoms with Crippen LogP contribution in [0, 0.1) is 0 Å². The average molecular weight is 469 g/mol. The monoisotopic (exact) mass is 468 g/mol. The van der Waals surface area contributed by atoms with E-state index in [1.807, 2.05) is 59.1 Å². The highest BCUT2D eigenvalue weighted by atomic mass is 32.2. The van der Waals surface area contributed by atoms with Crippen LogP contribution in [-0.2, 0) is 14.3 Å². The Morgan fingerprint density at radius 1 is 1.06 bits per heavy atom. The first-order valence-electron chi connectivity index (χ1n) is 11.5. The number of hydrogen-bond acceptors (Lipinski definition) is 6. The quantitative estimate of drug-likeness (QED) is 0.702. The number of benzene rings is 2. The van der Waals surface area contributed by atoms with Gasteiger partial charge >= 0.3 is 0 Å². The van der Waals surface area contributed by atoms with Crippen LogP contribution < -0.4 is 15.1 Å². The largest absolute Gasteiger partial charge is 0.378 e. The molecule has 2 aliphatic heterocycles. The Hall–Kier alpha value is -2.55. The Kier molecular flexibility index (Phi) is 7.90. The van der Waals surface area contributed by atoms with Gasteiger partial charge in [0.05, 0.1) is 32.0 Å². The molecule has 2 aromatic carbocycles. The number of carbonyl (C=O) groups is 2. The minimum Gasteiger partial charge on any atom is -0.378 e. The van der Waals surface area contributed by atoms with Gasteiger partial charge in [-0.2, -0.15) is 0 Å². The number of amides is 2.